The Balaban J connectivity index is 1.94. The second kappa shape index (κ2) is 5.38. The zero-order chi connectivity index (χ0) is 12.3. The molecule has 1 aliphatic carbocycles. The van der Waals surface area contributed by atoms with Gasteiger partial charge in [-0.15, -0.1) is 0 Å². The molecule has 1 amide bonds. The minimum atomic E-state index is -0.0900. The van der Waals surface area contributed by atoms with Gasteiger partial charge < -0.3 is 10.2 Å². The van der Waals surface area contributed by atoms with Gasteiger partial charge >= 0.3 is 0 Å². The quantitative estimate of drug-likeness (QED) is 0.795. The smallest absolute Gasteiger partial charge is 0.229 e. The van der Waals surface area contributed by atoms with Gasteiger partial charge in [0.05, 0.1) is 5.41 Å². The van der Waals surface area contributed by atoms with Crippen LogP contribution in [0.5, 0.6) is 0 Å². The fraction of sp³-hybridized carbons (Fsp3) is 0.929. The monoisotopic (exact) mass is 238 g/mol. The van der Waals surface area contributed by atoms with E-state index in [0.29, 0.717) is 5.91 Å². The molecule has 1 saturated heterocycles. The Morgan fingerprint density at radius 1 is 1.47 bits per heavy atom. The van der Waals surface area contributed by atoms with Crippen molar-refractivity contribution < 1.29 is 4.79 Å². The molecule has 0 radical (unpaired) electrons. The first-order valence-electron chi connectivity index (χ1n) is 7.14. The summed E-state index contributed by atoms with van der Waals surface area (Å²) in [5.74, 6) is 1.16. The highest BCUT2D eigenvalue weighted by atomic mass is 16.2. The van der Waals surface area contributed by atoms with E-state index in [1.54, 1.807) is 0 Å². The summed E-state index contributed by atoms with van der Waals surface area (Å²) in [5.41, 5.74) is -0.0900. The molecule has 0 aromatic carbocycles. The van der Waals surface area contributed by atoms with Gasteiger partial charge in [-0.3, -0.25) is 4.79 Å². The molecular weight excluding hydrogens is 212 g/mol. The van der Waals surface area contributed by atoms with Gasteiger partial charge in [0.2, 0.25) is 5.91 Å². The lowest BCUT2D eigenvalue weighted by Crippen LogP contribution is -2.45. The Labute approximate surface area is 105 Å². The first-order chi connectivity index (χ1) is 8.18. The van der Waals surface area contributed by atoms with Crippen LogP contribution in [0.2, 0.25) is 0 Å². The standard InChI is InChI=1S/C14H26N2O/c1-3-7-14(8-9-15-11-14)13(17)16(2)10-12-5-4-6-12/h12,15H,3-11H2,1-2H3. The van der Waals surface area contributed by atoms with Crippen LogP contribution in [-0.4, -0.2) is 37.5 Å². The third kappa shape index (κ3) is 2.65. The predicted molar refractivity (Wildman–Crippen MR) is 69.8 cm³/mol. The van der Waals surface area contributed by atoms with Crippen molar-refractivity contribution in [2.24, 2.45) is 11.3 Å². The van der Waals surface area contributed by atoms with Crippen LogP contribution in [0.3, 0.4) is 0 Å². The fourth-order valence-corrected chi connectivity index (χ4v) is 3.28. The van der Waals surface area contributed by atoms with Crippen LogP contribution in [0.1, 0.15) is 45.4 Å². The molecule has 0 aromatic rings. The summed E-state index contributed by atoms with van der Waals surface area (Å²) in [4.78, 5) is 14.6. The van der Waals surface area contributed by atoms with Crippen LogP contribution < -0.4 is 5.32 Å². The van der Waals surface area contributed by atoms with E-state index in [2.05, 4.69) is 12.2 Å². The van der Waals surface area contributed by atoms with Crippen molar-refractivity contribution in [1.82, 2.24) is 10.2 Å². The molecule has 0 bridgehead atoms. The molecule has 1 saturated carbocycles. The van der Waals surface area contributed by atoms with E-state index in [1.807, 2.05) is 11.9 Å². The van der Waals surface area contributed by atoms with Crippen LogP contribution in [0, 0.1) is 11.3 Å². The summed E-state index contributed by atoms with van der Waals surface area (Å²) < 4.78 is 0. The van der Waals surface area contributed by atoms with Gasteiger partial charge in [-0.1, -0.05) is 19.8 Å². The number of hydrogen-bond acceptors (Lipinski definition) is 2. The van der Waals surface area contributed by atoms with Crippen molar-refractivity contribution in [2.45, 2.75) is 45.4 Å². The molecular formula is C14H26N2O. The van der Waals surface area contributed by atoms with Crippen molar-refractivity contribution in [3.63, 3.8) is 0 Å². The molecule has 1 heterocycles. The van der Waals surface area contributed by atoms with Crippen LogP contribution in [0.15, 0.2) is 0 Å². The lowest BCUT2D eigenvalue weighted by Gasteiger charge is -2.36. The molecule has 2 aliphatic rings. The van der Waals surface area contributed by atoms with Gasteiger partial charge in [-0.25, -0.2) is 0 Å². The molecule has 3 heteroatoms. The number of carbonyl (C=O) groups is 1. The Bertz CT molecular complexity index is 267. The molecule has 17 heavy (non-hydrogen) atoms. The lowest BCUT2D eigenvalue weighted by atomic mass is 9.80. The predicted octanol–water partition coefficient (Wildman–Crippen LogP) is 2.02. The summed E-state index contributed by atoms with van der Waals surface area (Å²) >= 11 is 0. The summed E-state index contributed by atoms with van der Waals surface area (Å²) in [7, 11) is 2.00. The zero-order valence-corrected chi connectivity index (χ0v) is 11.3. The van der Waals surface area contributed by atoms with Gasteiger partial charge in [0.15, 0.2) is 0 Å². The number of rotatable bonds is 5. The molecule has 1 atom stereocenters. The van der Waals surface area contributed by atoms with E-state index in [4.69, 9.17) is 0 Å². The highest BCUT2D eigenvalue weighted by Crippen LogP contribution is 2.34. The zero-order valence-electron chi connectivity index (χ0n) is 11.3. The number of nitrogens with zero attached hydrogens (tertiary/aromatic N) is 1. The van der Waals surface area contributed by atoms with Crippen molar-refractivity contribution in [3.8, 4) is 0 Å². The normalized spacial score (nSPS) is 29.1. The minimum absolute atomic E-state index is 0.0900. The third-order valence-corrected chi connectivity index (χ3v) is 4.53. The van der Waals surface area contributed by atoms with E-state index in [0.717, 1.165) is 44.8 Å². The molecule has 3 nitrogen and oxygen atoms in total. The SMILES string of the molecule is CCCC1(C(=O)N(C)CC2CCC2)CCNC1. The molecule has 0 spiro atoms. The second-order valence-electron chi connectivity index (χ2n) is 5.94. The maximum Gasteiger partial charge on any atom is 0.229 e. The van der Waals surface area contributed by atoms with Gasteiger partial charge in [0.25, 0.3) is 0 Å². The summed E-state index contributed by atoms with van der Waals surface area (Å²) in [6, 6.07) is 0. The van der Waals surface area contributed by atoms with Gasteiger partial charge in [-0.2, -0.15) is 0 Å². The molecule has 98 valence electrons. The van der Waals surface area contributed by atoms with Crippen LogP contribution in [0.25, 0.3) is 0 Å². The van der Waals surface area contributed by atoms with Gasteiger partial charge in [-0.05, 0) is 38.1 Å². The maximum absolute atomic E-state index is 12.6. The Kier molecular flexibility index (Phi) is 4.08. The van der Waals surface area contributed by atoms with Crippen LogP contribution >= 0.6 is 0 Å². The fourth-order valence-electron chi connectivity index (χ4n) is 3.28. The summed E-state index contributed by atoms with van der Waals surface area (Å²) in [6.07, 6.45) is 7.15. The average Bonchev–Trinajstić information content (AvgIpc) is 2.72. The lowest BCUT2D eigenvalue weighted by molar-refractivity contribution is -0.141. The number of carbonyl (C=O) groups excluding carboxylic acids is 1. The van der Waals surface area contributed by atoms with E-state index in [9.17, 15) is 4.79 Å². The van der Waals surface area contributed by atoms with Crippen molar-refractivity contribution in [1.29, 1.82) is 0 Å². The number of amides is 1. The molecule has 1 N–H and O–H groups in total. The second-order valence-corrected chi connectivity index (χ2v) is 5.94. The minimum Gasteiger partial charge on any atom is -0.345 e. The average molecular weight is 238 g/mol. The first kappa shape index (κ1) is 12.9. The highest BCUT2D eigenvalue weighted by molar-refractivity contribution is 5.83. The molecule has 1 unspecified atom stereocenters. The largest absolute Gasteiger partial charge is 0.345 e. The van der Waals surface area contributed by atoms with Crippen molar-refractivity contribution in [2.75, 3.05) is 26.7 Å². The number of hydrogen-bond donors (Lipinski definition) is 1. The maximum atomic E-state index is 12.6. The third-order valence-electron chi connectivity index (χ3n) is 4.53. The van der Waals surface area contributed by atoms with Crippen LogP contribution in [-0.2, 0) is 4.79 Å². The molecule has 0 aromatic heterocycles. The Morgan fingerprint density at radius 3 is 2.71 bits per heavy atom. The van der Waals surface area contributed by atoms with Gasteiger partial charge in [0.1, 0.15) is 0 Å². The Hall–Kier alpha value is -0.570. The highest BCUT2D eigenvalue weighted by Gasteiger charge is 2.42. The van der Waals surface area contributed by atoms with E-state index >= 15 is 0 Å². The van der Waals surface area contributed by atoms with Crippen molar-refractivity contribution in [3.05, 3.63) is 0 Å². The molecule has 1 aliphatic heterocycles. The molecule has 2 fully saturated rings. The van der Waals surface area contributed by atoms with E-state index in [1.165, 1.54) is 19.3 Å². The van der Waals surface area contributed by atoms with E-state index in [-0.39, 0.29) is 5.41 Å². The van der Waals surface area contributed by atoms with Gasteiger partial charge in [0, 0.05) is 20.1 Å². The van der Waals surface area contributed by atoms with Crippen LogP contribution in [0.4, 0.5) is 0 Å². The Morgan fingerprint density at radius 2 is 2.24 bits per heavy atom. The van der Waals surface area contributed by atoms with E-state index < -0.39 is 0 Å². The van der Waals surface area contributed by atoms with Crippen molar-refractivity contribution >= 4 is 5.91 Å². The summed E-state index contributed by atoms with van der Waals surface area (Å²) in [5, 5.41) is 3.37. The topological polar surface area (TPSA) is 32.3 Å². The molecule has 2 rings (SSSR count). The first-order valence-corrected chi connectivity index (χ1v) is 7.14. The summed E-state index contributed by atoms with van der Waals surface area (Å²) in [6.45, 7) is 5.04. The number of nitrogens with one attached hydrogen (secondary N) is 1.